The molecular formula is C4H11B2F. The summed E-state index contributed by atoms with van der Waals surface area (Å²) in [6.45, 7) is 3.19. The van der Waals surface area contributed by atoms with Gasteiger partial charge in [-0.25, -0.2) is 4.39 Å². The van der Waals surface area contributed by atoms with Crippen LogP contribution in [-0.4, -0.2) is 21.4 Å². The zero-order valence-electron chi connectivity index (χ0n) is 5.46. The smallest absolute Gasteiger partial charge is 0.0996 e. The fraction of sp³-hybridized carbons (Fsp3) is 1.00. The molecule has 0 heterocycles. The van der Waals surface area contributed by atoms with E-state index < -0.39 is 5.67 Å². The van der Waals surface area contributed by atoms with E-state index in [0.717, 1.165) is 0 Å². The first-order valence-electron chi connectivity index (χ1n) is 2.63. The SMILES string of the molecule is BC(B)C(C)(C)F. The van der Waals surface area contributed by atoms with E-state index in [1.807, 2.05) is 15.7 Å². The first kappa shape index (κ1) is 7.06. The van der Waals surface area contributed by atoms with Crippen LogP contribution in [0.3, 0.4) is 0 Å². The predicted octanol–water partition coefficient (Wildman–Crippen LogP) is -0.253. The molecule has 0 N–H and O–H groups in total. The maximum Gasteiger partial charge on any atom is 0.0996 e. The molecule has 7 heavy (non-hydrogen) atoms. The molecule has 3 heteroatoms. The fourth-order valence-electron chi connectivity index (χ4n) is 0. The van der Waals surface area contributed by atoms with Crippen LogP contribution in [0.15, 0.2) is 0 Å². The molecule has 0 aromatic heterocycles. The lowest BCUT2D eigenvalue weighted by molar-refractivity contribution is 0.233. The van der Waals surface area contributed by atoms with Gasteiger partial charge in [-0.15, -0.1) is 0 Å². The van der Waals surface area contributed by atoms with Crippen molar-refractivity contribution in [3.8, 4) is 0 Å². The number of alkyl halides is 1. The van der Waals surface area contributed by atoms with Crippen molar-refractivity contribution < 1.29 is 4.39 Å². The Morgan fingerprint density at radius 1 is 1.43 bits per heavy atom. The van der Waals surface area contributed by atoms with E-state index >= 15 is 0 Å². The molecule has 0 saturated carbocycles. The number of hydrogen-bond acceptors (Lipinski definition) is 0. The van der Waals surface area contributed by atoms with Crippen LogP contribution in [0, 0.1) is 0 Å². The van der Waals surface area contributed by atoms with Gasteiger partial charge in [0.2, 0.25) is 0 Å². The fourth-order valence-corrected chi connectivity index (χ4v) is 0. The Labute approximate surface area is 46.3 Å². The van der Waals surface area contributed by atoms with Crippen molar-refractivity contribution in [1.29, 1.82) is 0 Å². The lowest BCUT2D eigenvalue weighted by Crippen LogP contribution is -2.20. The van der Waals surface area contributed by atoms with Gasteiger partial charge in [0.05, 0.1) is 21.4 Å². The summed E-state index contributed by atoms with van der Waals surface area (Å²) < 4.78 is 12.5. The Bertz CT molecular complexity index is 55.2. The highest BCUT2D eigenvalue weighted by Crippen LogP contribution is 2.19. The van der Waals surface area contributed by atoms with E-state index in [-0.39, 0.29) is 5.72 Å². The van der Waals surface area contributed by atoms with Crippen LogP contribution in [0.1, 0.15) is 13.8 Å². The largest absolute Gasteiger partial charge is 0.246 e. The standard InChI is InChI=1S/C4H11B2F/c1-4(2,7)3(5)6/h3H,5-6H2,1-2H3. The first-order valence-corrected chi connectivity index (χ1v) is 2.63. The highest BCUT2D eigenvalue weighted by atomic mass is 19.1. The maximum atomic E-state index is 12.5. The normalized spacial score (nSPS) is 12.6. The van der Waals surface area contributed by atoms with Crippen molar-refractivity contribution in [1.82, 2.24) is 0 Å². The molecule has 0 aliphatic heterocycles. The summed E-state index contributed by atoms with van der Waals surface area (Å²) in [4.78, 5) is 0. The van der Waals surface area contributed by atoms with Crippen molar-refractivity contribution in [2.24, 2.45) is 0 Å². The van der Waals surface area contributed by atoms with Crippen molar-refractivity contribution in [3.05, 3.63) is 0 Å². The second kappa shape index (κ2) is 1.89. The van der Waals surface area contributed by atoms with E-state index in [4.69, 9.17) is 0 Å². The van der Waals surface area contributed by atoms with Crippen LogP contribution < -0.4 is 0 Å². The highest BCUT2D eigenvalue weighted by molar-refractivity contribution is 6.36. The van der Waals surface area contributed by atoms with Crippen LogP contribution in [0.2, 0.25) is 5.72 Å². The lowest BCUT2D eigenvalue weighted by Gasteiger charge is -2.17. The third kappa shape index (κ3) is 2.72. The van der Waals surface area contributed by atoms with Gasteiger partial charge in [-0.2, -0.15) is 0 Å². The Kier molecular flexibility index (Phi) is 1.91. The number of rotatable bonds is 1. The summed E-state index contributed by atoms with van der Waals surface area (Å²) in [6.07, 6.45) is 0. The van der Waals surface area contributed by atoms with Gasteiger partial charge < -0.3 is 0 Å². The topological polar surface area (TPSA) is 0 Å². The second-order valence-corrected chi connectivity index (χ2v) is 2.72. The lowest BCUT2D eigenvalue weighted by atomic mass is 9.63. The Balaban J connectivity index is 3.54. The third-order valence-corrected chi connectivity index (χ3v) is 1.37. The average molecular weight is 99.8 g/mol. The van der Waals surface area contributed by atoms with Crippen molar-refractivity contribution in [2.45, 2.75) is 25.2 Å². The van der Waals surface area contributed by atoms with Crippen molar-refractivity contribution in [2.75, 3.05) is 0 Å². The molecule has 0 amide bonds. The zero-order valence-corrected chi connectivity index (χ0v) is 5.46. The molecule has 0 spiro atoms. The molecule has 0 nitrogen and oxygen atoms in total. The average Bonchev–Trinajstić information content (AvgIpc) is 1.31. The summed E-state index contributed by atoms with van der Waals surface area (Å²) >= 11 is 0. The summed E-state index contributed by atoms with van der Waals surface area (Å²) in [5, 5.41) is 0. The molecule has 0 aliphatic carbocycles. The van der Waals surface area contributed by atoms with Crippen molar-refractivity contribution >= 4 is 15.7 Å². The van der Waals surface area contributed by atoms with Gasteiger partial charge in [-0.05, 0) is 13.8 Å². The molecule has 0 saturated heterocycles. The molecule has 0 rings (SSSR count). The van der Waals surface area contributed by atoms with E-state index in [2.05, 4.69) is 0 Å². The van der Waals surface area contributed by atoms with E-state index in [1.54, 1.807) is 13.8 Å². The van der Waals surface area contributed by atoms with Gasteiger partial charge in [0, 0.05) is 0 Å². The minimum absolute atomic E-state index is 0.132. The molecule has 0 bridgehead atoms. The summed E-state index contributed by atoms with van der Waals surface area (Å²) in [6, 6.07) is 0. The van der Waals surface area contributed by atoms with Crippen molar-refractivity contribution in [3.63, 3.8) is 0 Å². The van der Waals surface area contributed by atoms with Crippen LogP contribution in [0.4, 0.5) is 4.39 Å². The highest BCUT2D eigenvalue weighted by Gasteiger charge is 2.19. The second-order valence-electron chi connectivity index (χ2n) is 2.72. The molecule has 40 valence electrons. The molecule has 0 radical (unpaired) electrons. The van der Waals surface area contributed by atoms with Gasteiger partial charge in [-0.3, -0.25) is 0 Å². The quantitative estimate of drug-likeness (QED) is 0.398. The molecule has 0 aliphatic rings. The van der Waals surface area contributed by atoms with E-state index in [0.29, 0.717) is 0 Å². The predicted molar refractivity (Wildman–Crippen MR) is 36.0 cm³/mol. The molecule has 0 unspecified atom stereocenters. The number of hydrogen-bond donors (Lipinski definition) is 0. The minimum atomic E-state index is -1.00. The van der Waals surface area contributed by atoms with E-state index in [9.17, 15) is 4.39 Å². The molecule has 0 fully saturated rings. The van der Waals surface area contributed by atoms with Gasteiger partial charge in [0.1, 0.15) is 0 Å². The van der Waals surface area contributed by atoms with E-state index in [1.165, 1.54) is 0 Å². The third-order valence-electron chi connectivity index (χ3n) is 1.37. The molecular weight excluding hydrogens is 88.7 g/mol. The number of halogens is 1. The monoisotopic (exact) mass is 100 g/mol. The molecule has 0 aromatic carbocycles. The Morgan fingerprint density at radius 3 is 1.57 bits per heavy atom. The van der Waals surface area contributed by atoms with Crippen LogP contribution in [0.25, 0.3) is 0 Å². The molecule has 0 atom stereocenters. The zero-order chi connectivity index (χ0) is 6.08. The summed E-state index contributed by atoms with van der Waals surface area (Å²) in [5.74, 6) is 0. The van der Waals surface area contributed by atoms with Crippen LogP contribution in [-0.2, 0) is 0 Å². The van der Waals surface area contributed by atoms with Gasteiger partial charge >= 0.3 is 0 Å². The van der Waals surface area contributed by atoms with Gasteiger partial charge in [0.15, 0.2) is 0 Å². The summed E-state index contributed by atoms with van der Waals surface area (Å²) in [7, 11) is 3.75. The van der Waals surface area contributed by atoms with Gasteiger partial charge in [-0.1, -0.05) is 5.72 Å². The Morgan fingerprint density at radius 2 is 1.57 bits per heavy atom. The molecule has 0 aromatic rings. The van der Waals surface area contributed by atoms with Crippen LogP contribution in [0.5, 0.6) is 0 Å². The summed E-state index contributed by atoms with van der Waals surface area (Å²) in [5.41, 5.74) is -0.868. The Hall–Kier alpha value is 0.0599. The van der Waals surface area contributed by atoms with Gasteiger partial charge in [0.25, 0.3) is 0 Å². The first-order chi connectivity index (χ1) is 2.94. The van der Waals surface area contributed by atoms with Crippen LogP contribution >= 0.6 is 0 Å². The maximum absolute atomic E-state index is 12.5. The minimum Gasteiger partial charge on any atom is -0.246 e.